The van der Waals surface area contributed by atoms with E-state index in [9.17, 15) is 18.4 Å². The summed E-state index contributed by atoms with van der Waals surface area (Å²) < 4.78 is 31.2. The van der Waals surface area contributed by atoms with Gasteiger partial charge in [-0.05, 0) is 30.7 Å². The summed E-state index contributed by atoms with van der Waals surface area (Å²) >= 11 is 0. The number of hydrogen-bond acceptors (Lipinski definition) is 3. The number of amides is 2. The summed E-state index contributed by atoms with van der Waals surface area (Å²) in [6.07, 6.45) is 1.69. The SMILES string of the molecule is CCC(CNC(=O)OC)C(=O)N1CCC(c2ccc(C(C)(F)F)cc2)CC1. The highest BCUT2D eigenvalue weighted by atomic mass is 19.3. The van der Waals surface area contributed by atoms with Crippen LogP contribution >= 0.6 is 0 Å². The van der Waals surface area contributed by atoms with Gasteiger partial charge >= 0.3 is 6.09 Å². The molecule has 0 saturated carbocycles. The van der Waals surface area contributed by atoms with Gasteiger partial charge in [0.2, 0.25) is 5.91 Å². The van der Waals surface area contributed by atoms with Crippen LogP contribution in [0.3, 0.4) is 0 Å². The summed E-state index contributed by atoms with van der Waals surface area (Å²) in [7, 11) is 1.29. The molecule has 0 aromatic heterocycles. The summed E-state index contributed by atoms with van der Waals surface area (Å²) in [6, 6.07) is 6.50. The number of halogens is 2. The van der Waals surface area contributed by atoms with E-state index in [1.54, 1.807) is 12.1 Å². The molecule has 1 atom stereocenters. The molecule has 0 bridgehead atoms. The Hall–Kier alpha value is -2.18. The molecule has 1 unspecified atom stereocenters. The first kappa shape index (κ1) is 21.1. The average Bonchev–Trinajstić information content (AvgIpc) is 2.67. The van der Waals surface area contributed by atoms with Crippen molar-refractivity contribution >= 4 is 12.0 Å². The minimum absolute atomic E-state index is 0.0164. The Kier molecular flexibility index (Phi) is 7.16. The number of alkyl halides is 2. The van der Waals surface area contributed by atoms with Crippen LogP contribution in [0.4, 0.5) is 13.6 Å². The predicted molar refractivity (Wildman–Crippen MR) is 98.8 cm³/mol. The van der Waals surface area contributed by atoms with Crippen molar-refractivity contribution in [2.75, 3.05) is 26.7 Å². The molecule has 1 aromatic rings. The topological polar surface area (TPSA) is 58.6 Å². The predicted octanol–water partition coefficient (Wildman–Crippen LogP) is 3.89. The number of likely N-dealkylation sites (tertiary alicyclic amines) is 1. The third-order valence-corrected chi connectivity index (χ3v) is 5.22. The van der Waals surface area contributed by atoms with E-state index in [1.807, 2.05) is 11.8 Å². The summed E-state index contributed by atoms with van der Waals surface area (Å²) in [5.41, 5.74) is 1.05. The molecule has 2 amide bonds. The van der Waals surface area contributed by atoms with E-state index >= 15 is 0 Å². The lowest BCUT2D eigenvalue weighted by atomic mass is 9.88. The molecule has 1 aliphatic rings. The lowest BCUT2D eigenvalue weighted by Crippen LogP contribution is -2.44. The second-order valence-electron chi connectivity index (χ2n) is 7.09. The van der Waals surface area contributed by atoms with Crippen molar-refractivity contribution in [2.24, 2.45) is 5.92 Å². The Balaban J connectivity index is 1.90. The first-order valence-corrected chi connectivity index (χ1v) is 9.35. The zero-order valence-corrected chi connectivity index (χ0v) is 16.1. The maximum absolute atomic E-state index is 13.3. The van der Waals surface area contributed by atoms with E-state index in [-0.39, 0.29) is 29.9 Å². The molecule has 150 valence electrons. The van der Waals surface area contributed by atoms with E-state index < -0.39 is 12.0 Å². The highest BCUT2D eigenvalue weighted by molar-refractivity contribution is 5.80. The van der Waals surface area contributed by atoms with Crippen LogP contribution in [0.1, 0.15) is 50.2 Å². The van der Waals surface area contributed by atoms with E-state index in [0.29, 0.717) is 19.5 Å². The fourth-order valence-electron chi connectivity index (χ4n) is 3.42. The third kappa shape index (κ3) is 5.65. The quantitative estimate of drug-likeness (QED) is 0.812. The van der Waals surface area contributed by atoms with E-state index in [0.717, 1.165) is 25.3 Å². The Morgan fingerprint density at radius 1 is 1.26 bits per heavy atom. The minimum atomic E-state index is -2.83. The molecular weight excluding hydrogens is 354 g/mol. The number of piperidine rings is 1. The van der Waals surface area contributed by atoms with E-state index in [4.69, 9.17) is 0 Å². The second kappa shape index (κ2) is 9.15. The standard InChI is InChI=1S/C20H28F2N2O3/c1-4-14(13-23-19(26)27-3)18(25)24-11-9-16(10-12-24)15-5-7-17(8-6-15)20(2,21)22/h5-8,14,16H,4,9-13H2,1-3H3,(H,23,26). The lowest BCUT2D eigenvalue weighted by molar-refractivity contribution is -0.136. The van der Waals surface area contributed by atoms with Gasteiger partial charge in [-0.3, -0.25) is 4.79 Å². The number of alkyl carbamates (subject to hydrolysis) is 1. The Morgan fingerprint density at radius 2 is 1.85 bits per heavy atom. The summed E-state index contributed by atoms with van der Waals surface area (Å²) in [5.74, 6) is -2.80. The summed E-state index contributed by atoms with van der Waals surface area (Å²) in [6.45, 7) is 4.33. The van der Waals surface area contributed by atoms with Crippen molar-refractivity contribution in [3.63, 3.8) is 0 Å². The molecule has 0 spiro atoms. The van der Waals surface area contributed by atoms with Crippen LogP contribution in [0.15, 0.2) is 24.3 Å². The van der Waals surface area contributed by atoms with Gasteiger partial charge < -0.3 is 15.0 Å². The molecular formula is C20H28F2N2O3. The summed E-state index contributed by atoms with van der Waals surface area (Å²) in [5, 5.41) is 2.59. The number of rotatable bonds is 6. The Morgan fingerprint density at radius 3 is 2.33 bits per heavy atom. The number of nitrogens with one attached hydrogen (secondary N) is 1. The maximum atomic E-state index is 13.3. The molecule has 1 saturated heterocycles. The molecule has 7 heteroatoms. The normalized spacial score (nSPS) is 16.7. The molecule has 27 heavy (non-hydrogen) atoms. The first-order valence-electron chi connectivity index (χ1n) is 9.35. The third-order valence-electron chi connectivity index (χ3n) is 5.22. The van der Waals surface area contributed by atoms with Crippen molar-refractivity contribution in [3.8, 4) is 0 Å². The number of nitrogens with zero attached hydrogens (tertiary/aromatic N) is 1. The zero-order chi connectivity index (χ0) is 20.0. The average molecular weight is 382 g/mol. The number of carbonyl (C=O) groups is 2. The van der Waals surface area contributed by atoms with Gasteiger partial charge in [-0.15, -0.1) is 0 Å². The fourth-order valence-corrected chi connectivity index (χ4v) is 3.42. The molecule has 1 fully saturated rings. The van der Waals surface area contributed by atoms with Crippen LogP contribution < -0.4 is 5.32 Å². The van der Waals surface area contributed by atoms with Crippen LogP contribution in [0.5, 0.6) is 0 Å². The van der Waals surface area contributed by atoms with E-state index in [1.165, 1.54) is 19.2 Å². The fraction of sp³-hybridized carbons (Fsp3) is 0.600. The molecule has 1 aromatic carbocycles. The molecule has 2 rings (SSSR count). The van der Waals surface area contributed by atoms with Crippen molar-refractivity contribution in [1.29, 1.82) is 0 Å². The highest BCUT2D eigenvalue weighted by Gasteiger charge is 2.29. The smallest absolute Gasteiger partial charge is 0.406 e. The maximum Gasteiger partial charge on any atom is 0.406 e. The van der Waals surface area contributed by atoms with Gasteiger partial charge in [-0.25, -0.2) is 13.6 Å². The summed E-state index contributed by atoms with van der Waals surface area (Å²) in [4.78, 5) is 25.7. The first-order chi connectivity index (χ1) is 12.8. The molecule has 5 nitrogen and oxygen atoms in total. The van der Waals surface area contributed by atoms with Gasteiger partial charge in [0.1, 0.15) is 0 Å². The molecule has 0 radical (unpaired) electrons. The van der Waals surface area contributed by atoms with Crippen LogP contribution in [0.25, 0.3) is 0 Å². The molecule has 1 N–H and O–H groups in total. The van der Waals surface area contributed by atoms with E-state index in [2.05, 4.69) is 10.1 Å². The highest BCUT2D eigenvalue weighted by Crippen LogP contribution is 2.32. The zero-order valence-electron chi connectivity index (χ0n) is 16.1. The van der Waals surface area contributed by atoms with Gasteiger partial charge in [-0.1, -0.05) is 31.2 Å². The number of methoxy groups -OCH3 is 1. The minimum Gasteiger partial charge on any atom is -0.453 e. The largest absolute Gasteiger partial charge is 0.453 e. The number of hydrogen-bond donors (Lipinski definition) is 1. The second-order valence-corrected chi connectivity index (χ2v) is 7.09. The monoisotopic (exact) mass is 382 g/mol. The lowest BCUT2D eigenvalue weighted by Gasteiger charge is -2.34. The number of ether oxygens (including phenoxy) is 1. The molecule has 1 aliphatic heterocycles. The number of benzene rings is 1. The van der Waals surface area contributed by atoms with Gasteiger partial charge in [0.05, 0.1) is 13.0 Å². The Labute approximate surface area is 159 Å². The van der Waals surface area contributed by atoms with Gasteiger partial charge in [-0.2, -0.15) is 0 Å². The van der Waals surface area contributed by atoms with Crippen molar-refractivity contribution in [2.45, 2.75) is 45.0 Å². The van der Waals surface area contributed by atoms with Crippen molar-refractivity contribution in [3.05, 3.63) is 35.4 Å². The van der Waals surface area contributed by atoms with Gasteiger partial charge in [0.25, 0.3) is 5.92 Å². The van der Waals surface area contributed by atoms with Crippen LogP contribution in [-0.2, 0) is 15.5 Å². The van der Waals surface area contributed by atoms with Crippen molar-refractivity contribution in [1.82, 2.24) is 10.2 Å². The van der Waals surface area contributed by atoms with Gasteiger partial charge in [0, 0.05) is 32.1 Å². The molecule has 1 heterocycles. The number of carbonyl (C=O) groups excluding carboxylic acids is 2. The van der Waals surface area contributed by atoms with Crippen LogP contribution in [0.2, 0.25) is 0 Å². The van der Waals surface area contributed by atoms with Gasteiger partial charge in [0.15, 0.2) is 0 Å². The van der Waals surface area contributed by atoms with Crippen LogP contribution in [-0.4, -0.2) is 43.6 Å². The van der Waals surface area contributed by atoms with Crippen LogP contribution in [0, 0.1) is 5.92 Å². The van der Waals surface area contributed by atoms with Crippen molar-refractivity contribution < 1.29 is 23.1 Å². The Bertz CT molecular complexity index is 636. The molecule has 0 aliphatic carbocycles.